The molecule has 0 saturated heterocycles. The van der Waals surface area contributed by atoms with Gasteiger partial charge in [0.2, 0.25) is 0 Å². The molecule has 1 N–H and O–H groups in total. The number of hydrogen-bond donors (Lipinski definition) is 1. The first kappa shape index (κ1) is 10.4. The summed E-state index contributed by atoms with van der Waals surface area (Å²) in [6, 6.07) is 4.11. The summed E-state index contributed by atoms with van der Waals surface area (Å²) in [6.45, 7) is 2.23. The maximum Gasteiger partial charge on any atom is 0.121 e. The van der Waals surface area contributed by atoms with E-state index >= 15 is 0 Å². The Morgan fingerprint density at radius 2 is 2.47 bits per heavy atom. The van der Waals surface area contributed by atoms with Crippen molar-refractivity contribution in [2.24, 2.45) is 5.92 Å². The third-order valence-electron chi connectivity index (χ3n) is 3.22. The Hall–Kier alpha value is -1.14. The van der Waals surface area contributed by atoms with Gasteiger partial charge in [0.05, 0.1) is 5.56 Å². The van der Waals surface area contributed by atoms with E-state index in [0.717, 1.165) is 18.8 Å². The highest BCUT2D eigenvalue weighted by molar-refractivity contribution is 7.71. The van der Waals surface area contributed by atoms with E-state index in [9.17, 15) is 0 Å². The van der Waals surface area contributed by atoms with Crippen LogP contribution in [0.25, 0.3) is 0 Å². The lowest BCUT2D eigenvalue weighted by Crippen LogP contribution is -2.15. The number of aromatic amines is 1. The van der Waals surface area contributed by atoms with Crippen molar-refractivity contribution in [2.45, 2.75) is 32.6 Å². The van der Waals surface area contributed by atoms with E-state index in [1.165, 1.54) is 24.1 Å². The van der Waals surface area contributed by atoms with Crippen molar-refractivity contribution in [3.63, 3.8) is 0 Å². The third-order valence-corrected chi connectivity index (χ3v) is 3.55. The van der Waals surface area contributed by atoms with E-state index in [2.05, 4.69) is 18.0 Å². The van der Waals surface area contributed by atoms with Crippen LogP contribution in [0.4, 0.5) is 0 Å². The highest BCUT2D eigenvalue weighted by Gasteiger charge is 2.18. The molecule has 0 bridgehead atoms. The number of hydrogen-bond acceptors (Lipinski definition) is 2. The first-order valence-electron chi connectivity index (χ1n) is 5.39. The Kier molecular flexibility index (Phi) is 2.88. The van der Waals surface area contributed by atoms with Gasteiger partial charge < -0.3 is 4.98 Å². The molecule has 1 aliphatic rings. The van der Waals surface area contributed by atoms with Crippen LogP contribution in [0.5, 0.6) is 0 Å². The number of nitrogens with zero attached hydrogens (tertiary/aromatic N) is 1. The van der Waals surface area contributed by atoms with Crippen molar-refractivity contribution >= 4 is 12.2 Å². The Morgan fingerprint density at radius 3 is 3.13 bits per heavy atom. The van der Waals surface area contributed by atoms with Gasteiger partial charge in [0.25, 0.3) is 0 Å². The number of aryl methyl sites for hydroxylation is 1. The minimum Gasteiger partial charge on any atom is -0.349 e. The molecule has 1 aromatic heterocycles. The fourth-order valence-electron chi connectivity index (χ4n) is 2.21. The molecule has 1 aliphatic carbocycles. The molecule has 78 valence electrons. The van der Waals surface area contributed by atoms with E-state index in [4.69, 9.17) is 17.5 Å². The largest absolute Gasteiger partial charge is 0.349 e. The summed E-state index contributed by atoms with van der Waals surface area (Å²) in [5, 5.41) is 8.91. The van der Waals surface area contributed by atoms with E-state index in [0.29, 0.717) is 10.2 Å². The van der Waals surface area contributed by atoms with Gasteiger partial charge in [0, 0.05) is 5.69 Å². The van der Waals surface area contributed by atoms with Gasteiger partial charge in [-0.05, 0) is 36.8 Å². The maximum absolute atomic E-state index is 8.91. The summed E-state index contributed by atoms with van der Waals surface area (Å²) in [7, 11) is 0. The molecule has 0 radical (unpaired) electrons. The Morgan fingerprint density at radius 1 is 1.67 bits per heavy atom. The highest BCUT2D eigenvalue weighted by Crippen LogP contribution is 2.26. The highest BCUT2D eigenvalue weighted by atomic mass is 32.1. The molecule has 0 aromatic carbocycles. The predicted octanol–water partition coefficient (Wildman–Crippen LogP) is 3.13. The fraction of sp³-hybridized carbons (Fsp3) is 0.500. The lowest BCUT2D eigenvalue weighted by atomic mass is 9.85. The SMILES string of the molecule is CCC1CCc2[nH]c(=S)c(C#N)cc2C1. The number of nitrogens with one attached hydrogen (secondary N) is 1. The molecule has 3 heteroatoms. The quantitative estimate of drug-likeness (QED) is 0.736. The summed E-state index contributed by atoms with van der Waals surface area (Å²) in [5.74, 6) is 0.772. The number of aromatic nitrogens is 1. The minimum atomic E-state index is 0.589. The van der Waals surface area contributed by atoms with E-state index in [1.807, 2.05) is 6.07 Å². The van der Waals surface area contributed by atoms with Crippen molar-refractivity contribution in [1.82, 2.24) is 4.98 Å². The summed E-state index contributed by atoms with van der Waals surface area (Å²) < 4.78 is 0.589. The summed E-state index contributed by atoms with van der Waals surface area (Å²) in [4.78, 5) is 3.18. The van der Waals surface area contributed by atoms with Crippen LogP contribution >= 0.6 is 12.2 Å². The van der Waals surface area contributed by atoms with Crippen LogP contribution in [0.1, 0.15) is 36.6 Å². The van der Waals surface area contributed by atoms with Crippen molar-refractivity contribution < 1.29 is 0 Å². The smallest absolute Gasteiger partial charge is 0.121 e. The van der Waals surface area contributed by atoms with Crippen LogP contribution in [0, 0.1) is 21.9 Å². The molecule has 15 heavy (non-hydrogen) atoms. The van der Waals surface area contributed by atoms with Gasteiger partial charge in [0.1, 0.15) is 10.7 Å². The summed E-state index contributed by atoms with van der Waals surface area (Å²) in [6.07, 6.45) is 4.62. The van der Waals surface area contributed by atoms with Gasteiger partial charge in [-0.3, -0.25) is 0 Å². The number of H-pyrrole nitrogens is 1. The van der Waals surface area contributed by atoms with Gasteiger partial charge in [-0.25, -0.2) is 0 Å². The summed E-state index contributed by atoms with van der Waals surface area (Å²) in [5.41, 5.74) is 3.14. The number of rotatable bonds is 1. The first-order chi connectivity index (χ1) is 7.24. The molecule has 1 unspecified atom stereocenters. The Balaban J connectivity index is 2.43. The van der Waals surface area contributed by atoms with Gasteiger partial charge in [0.15, 0.2) is 0 Å². The van der Waals surface area contributed by atoms with E-state index < -0.39 is 0 Å². The average molecular weight is 218 g/mol. The van der Waals surface area contributed by atoms with Gasteiger partial charge in [-0.2, -0.15) is 5.26 Å². The molecule has 2 nitrogen and oxygen atoms in total. The normalized spacial score (nSPS) is 19.3. The molecule has 1 heterocycles. The number of fused-ring (bicyclic) bond motifs is 1. The second kappa shape index (κ2) is 4.16. The zero-order valence-electron chi connectivity index (χ0n) is 8.84. The van der Waals surface area contributed by atoms with Crippen LogP contribution in [-0.2, 0) is 12.8 Å². The lowest BCUT2D eigenvalue weighted by Gasteiger charge is -2.23. The van der Waals surface area contributed by atoms with Crippen LogP contribution in [0.2, 0.25) is 0 Å². The van der Waals surface area contributed by atoms with Gasteiger partial charge >= 0.3 is 0 Å². The molecule has 1 aromatic rings. The van der Waals surface area contributed by atoms with E-state index in [1.54, 1.807) is 0 Å². The van der Waals surface area contributed by atoms with Crippen molar-refractivity contribution in [3.8, 4) is 6.07 Å². The standard InChI is InChI=1S/C12H14N2S/c1-2-8-3-4-11-9(5-8)6-10(7-13)12(15)14-11/h6,8H,2-5H2,1H3,(H,14,15). The van der Waals surface area contributed by atoms with Crippen molar-refractivity contribution in [1.29, 1.82) is 5.26 Å². The monoisotopic (exact) mass is 218 g/mol. The predicted molar refractivity (Wildman–Crippen MR) is 62.1 cm³/mol. The fourth-order valence-corrected chi connectivity index (χ4v) is 2.44. The number of nitriles is 1. The summed E-state index contributed by atoms with van der Waals surface area (Å²) >= 11 is 5.12. The van der Waals surface area contributed by atoms with Gasteiger partial charge in [-0.15, -0.1) is 0 Å². The second-order valence-corrected chi connectivity index (χ2v) is 4.55. The molecule has 0 fully saturated rings. The molecule has 0 saturated carbocycles. The molecule has 0 amide bonds. The van der Waals surface area contributed by atoms with Crippen molar-refractivity contribution in [2.75, 3.05) is 0 Å². The zero-order valence-corrected chi connectivity index (χ0v) is 9.66. The second-order valence-electron chi connectivity index (χ2n) is 4.14. The molecule has 2 rings (SSSR count). The van der Waals surface area contributed by atoms with Gasteiger partial charge in [-0.1, -0.05) is 25.6 Å². The van der Waals surface area contributed by atoms with Crippen LogP contribution in [0.3, 0.4) is 0 Å². The minimum absolute atomic E-state index is 0.589. The van der Waals surface area contributed by atoms with Crippen LogP contribution in [0.15, 0.2) is 6.07 Å². The molecular weight excluding hydrogens is 204 g/mol. The molecule has 0 aliphatic heterocycles. The van der Waals surface area contributed by atoms with E-state index in [-0.39, 0.29) is 0 Å². The van der Waals surface area contributed by atoms with Crippen LogP contribution < -0.4 is 0 Å². The molecular formula is C12H14N2S. The lowest BCUT2D eigenvalue weighted by molar-refractivity contribution is 0.439. The topological polar surface area (TPSA) is 39.6 Å². The van der Waals surface area contributed by atoms with Crippen molar-refractivity contribution in [3.05, 3.63) is 27.5 Å². The maximum atomic E-state index is 8.91. The molecule has 1 atom stereocenters. The average Bonchev–Trinajstić information content (AvgIpc) is 2.27. The Labute approximate surface area is 95.0 Å². The van der Waals surface area contributed by atoms with Crippen LogP contribution in [-0.4, -0.2) is 4.98 Å². The molecule has 0 spiro atoms. The number of pyridine rings is 1. The zero-order chi connectivity index (χ0) is 10.8. The Bertz CT molecular complexity index is 467. The first-order valence-corrected chi connectivity index (χ1v) is 5.80. The third kappa shape index (κ3) is 1.95.